The number of aryl methyl sites for hydroxylation is 1. The lowest BCUT2D eigenvalue weighted by molar-refractivity contribution is -0.121. The fourth-order valence-corrected chi connectivity index (χ4v) is 6.24. The van der Waals surface area contributed by atoms with Crippen LogP contribution in [-0.2, 0) is 16.1 Å². The Morgan fingerprint density at radius 2 is 1.67 bits per heavy atom. The monoisotopic (exact) mass is 596 g/mol. The van der Waals surface area contributed by atoms with Gasteiger partial charge in [0.2, 0.25) is 0 Å². The highest BCUT2D eigenvalue weighted by Gasteiger charge is 2.31. The molecule has 0 atom stereocenters. The molecular formula is C34H33FN4O3S. The Balaban J connectivity index is 1.16. The zero-order valence-corrected chi connectivity index (χ0v) is 25.2. The number of amidine groups is 1. The SMILES string of the molecule is Cc1cc(/C=C2\SC(=Nc3ccc(N4CCOCC4)cc3)N(C)C2=O)c(C)n1-c1ccc(OCc2ccccc2F)cc1. The van der Waals surface area contributed by atoms with Crippen LogP contribution in [0.5, 0.6) is 5.75 Å². The number of carbonyl (C=O) groups excluding carboxylic acids is 1. The third kappa shape index (κ3) is 6.23. The number of rotatable bonds is 7. The Kier molecular flexibility index (Phi) is 8.35. The Bertz CT molecular complexity index is 1690. The minimum atomic E-state index is -0.277. The summed E-state index contributed by atoms with van der Waals surface area (Å²) >= 11 is 1.38. The van der Waals surface area contributed by atoms with E-state index in [2.05, 4.69) is 27.7 Å². The van der Waals surface area contributed by atoms with E-state index >= 15 is 0 Å². The van der Waals surface area contributed by atoms with E-state index in [0.717, 1.165) is 60.3 Å². The molecule has 0 radical (unpaired) electrons. The second kappa shape index (κ2) is 12.5. The van der Waals surface area contributed by atoms with Crippen molar-refractivity contribution in [3.63, 3.8) is 0 Å². The van der Waals surface area contributed by atoms with Crippen molar-refractivity contribution in [1.82, 2.24) is 9.47 Å². The van der Waals surface area contributed by atoms with Crippen LogP contribution in [0.2, 0.25) is 0 Å². The third-order valence-corrected chi connectivity index (χ3v) is 8.72. The summed E-state index contributed by atoms with van der Waals surface area (Å²) in [5, 5.41) is 0.648. The number of amides is 1. The predicted molar refractivity (Wildman–Crippen MR) is 171 cm³/mol. The minimum absolute atomic E-state index is 0.0742. The van der Waals surface area contributed by atoms with Gasteiger partial charge in [-0.2, -0.15) is 0 Å². The average molecular weight is 597 g/mol. The van der Waals surface area contributed by atoms with Crippen molar-refractivity contribution in [2.45, 2.75) is 20.5 Å². The maximum absolute atomic E-state index is 13.9. The summed E-state index contributed by atoms with van der Waals surface area (Å²) in [7, 11) is 1.76. The number of likely N-dealkylation sites (N-methyl/N-ethyl adjacent to an activating group) is 1. The first-order valence-electron chi connectivity index (χ1n) is 14.2. The maximum atomic E-state index is 13.9. The zero-order chi connectivity index (χ0) is 29.9. The topological polar surface area (TPSA) is 59.3 Å². The molecule has 0 aliphatic carbocycles. The van der Waals surface area contributed by atoms with Crippen LogP contribution in [0, 0.1) is 19.7 Å². The van der Waals surface area contributed by atoms with Crippen LogP contribution in [0.15, 0.2) is 88.8 Å². The van der Waals surface area contributed by atoms with Gasteiger partial charge in [0.1, 0.15) is 18.2 Å². The molecule has 3 aromatic carbocycles. The number of thioether (sulfide) groups is 1. The van der Waals surface area contributed by atoms with Crippen molar-refractivity contribution in [3.05, 3.63) is 112 Å². The largest absolute Gasteiger partial charge is 0.489 e. The number of anilines is 1. The normalized spacial score (nSPS) is 17.3. The van der Waals surface area contributed by atoms with Crippen LogP contribution in [-0.4, -0.2) is 53.9 Å². The average Bonchev–Trinajstić information content (AvgIpc) is 3.46. The number of aromatic nitrogens is 1. The van der Waals surface area contributed by atoms with Crippen LogP contribution in [0.4, 0.5) is 15.8 Å². The molecule has 2 fully saturated rings. The van der Waals surface area contributed by atoms with Gasteiger partial charge in [-0.1, -0.05) is 18.2 Å². The first kappa shape index (κ1) is 28.8. The highest BCUT2D eigenvalue weighted by Crippen LogP contribution is 2.35. The third-order valence-electron chi connectivity index (χ3n) is 7.66. The van der Waals surface area contributed by atoms with E-state index < -0.39 is 0 Å². The Morgan fingerprint density at radius 1 is 0.977 bits per heavy atom. The minimum Gasteiger partial charge on any atom is -0.489 e. The molecule has 0 bridgehead atoms. The molecule has 3 heterocycles. The number of morpholine rings is 1. The molecule has 7 nitrogen and oxygen atoms in total. The number of aliphatic imine (C=N–C) groups is 1. The molecule has 0 unspecified atom stereocenters. The van der Waals surface area contributed by atoms with Gasteiger partial charge < -0.3 is 18.9 Å². The molecule has 2 saturated heterocycles. The molecule has 0 N–H and O–H groups in total. The van der Waals surface area contributed by atoms with E-state index in [0.29, 0.717) is 21.4 Å². The number of hydrogen-bond acceptors (Lipinski definition) is 6. The van der Waals surface area contributed by atoms with Crippen LogP contribution in [0.25, 0.3) is 11.8 Å². The highest BCUT2D eigenvalue weighted by molar-refractivity contribution is 8.18. The van der Waals surface area contributed by atoms with Crippen LogP contribution >= 0.6 is 11.8 Å². The van der Waals surface area contributed by atoms with Gasteiger partial charge >= 0.3 is 0 Å². The quantitative estimate of drug-likeness (QED) is 0.218. The fourth-order valence-electron chi connectivity index (χ4n) is 5.26. The molecule has 1 aromatic heterocycles. The highest BCUT2D eigenvalue weighted by atomic mass is 32.2. The maximum Gasteiger partial charge on any atom is 0.266 e. The van der Waals surface area contributed by atoms with Crippen molar-refractivity contribution in [2.24, 2.45) is 4.99 Å². The Hall–Kier alpha value is -4.34. The summed E-state index contributed by atoms with van der Waals surface area (Å²) in [5.41, 5.74) is 6.48. The molecule has 6 rings (SSSR count). The molecule has 1 amide bonds. The molecule has 0 saturated carbocycles. The number of carbonyl (C=O) groups is 1. The first-order valence-corrected chi connectivity index (χ1v) is 15.0. The summed E-state index contributed by atoms with van der Waals surface area (Å²) < 4.78 is 27.3. The van der Waals surface area contributed by atoms with E-state index in [1.807, 2.05) is 56.3 Å². The number of hydrogen-bond donors (Lipinski definition) is 0. The first-order chi connectivity index (χ1) is 20.9. The van der Waals surface area contributed by atoms with Gasteiger partial charge in [0.05, 0.1) is 23.8 Å². The van der Waals surface area contributed by atoms with Crippen LogP contribution < -0.4 is 9.64 Å². The van der Waals surface area contributed by atoms with Gasteiger partial charge in [-0.15, -0.1) is 0 Å². The Labute approximate surface area is 255 Å². The van der Waals surface area contributed by atoms with E-state index in [9.17, 15) is 9.18 Å². The van der Waals surface area contributed by atoms with Gasteiger partial charge in [-0.25, -0.2) is 9.38 Å². The zero-order valence-electron chi connectivity index (χ0n) is 24.4. The van der Waals surface area contributed by atoms with Gasteiger partial charge in [0.25, 0.3) is 5.91 Å². The molecule has 9 heteroatoms. The lowest BCUT2D eigenvalue weighted by Crippen LogP contribution is -2.36. The van der Waals surface area contributed by atoms with Crippen molar-refractivity contribution in [1.29, 1.82) is 0 Å². The Morgan fingerprint density at radius 3 is 2.40 bits per heavy atom. The number of halogens is 1. The summed E-state index contributed by atoms with van der Waals surface area (Å²) in [4.78, 5) is 22.5. The van der Waals surface area contributed by atoms with Gasteiger partial charge in [-0.05, 0) is 97.9 Å². The van der Waals surface area contributed by atoms with E-state index in [1.165, 1.54) is 17.8 Å². The lowest BCUT2D eigenvalue weighted by Gasteiger charge is -2.28. The smallest absolute Gasteiger partial charge is 0.266 e. The fraction of sp³-hybridized carbons (Fsp3) is 0.235. The van der Waals surface area contributed by atoms with Gasteiger partial charge in [0.15, 0.2) is 5.17 Å². The molecule has 0 spiro atoms. The molecule has 2 aliphatic rings. The number of nitrogens with zero attached hydrogens (tertiary/aromatic N) is 4. The van der Waals surface area contributed by atoms with Crippen LogP contribution in [0.1, 0.15) is 22.5 Å². The van der Waals surface area contributed by atoms with Crippen molar-refractivity contribution in [3.8, 4) is 11.4 Å². The number of benzene rings is 3. The van der Waals surface area contributed by atoms with E-state index in [-0.39, 0.29) is 18.3 Å². The summed E-state index contributed by atoms with van der Waals surface area (Å²) in [6, 6.07) is 24.5. The predicted octanol–water partition coefficient (Wildman–Crippen LogP) is 6.88. The van der Waals surface area contributed by atoms with Crippen molar-refractivity contribution < 1.29 is 18.7 Å². The van der Waals surface area contributed by atoms with Crippen molar-refractivity contribution in [2.75, 3.05) is 38.3 Å². The van der Waals surface area contributed by atoms with Crippen LogP contribution in [0.3, 0.4) is 0 Å². The summed E-state index contributed by atoms with van der Waals surface area (Å²) in [6.45, 7) is 7.49. The van der Waals surface area contributed by atoms with Gasteiger partial charge in [-0.3, -0.25) is 9.69 Å². The standard InChI is InChI=1S/C34H33FN4O3S/c1-23-20-26(24(2)39(23)29-12-14-30(15-13-29)42-22-25-6-4-5-7-31(25)35)21-32-33(40)37(3)34(43-32)36-27-8-10-28(11-9-27)38-16-18-41-19-17-38/h4-15,20-21H,16-19,22H2,1-3H3/b32-21-,36-34?. The van der Waals surface area contributed by atoms with Crippen molar-refractivity contribution >= 4 is 40.3 Å². The van der Waals surface area contributed by atoms with E-state index in [1.54, 1.807) is 30.1 Å². The number of ether oxygens (including phenoxy) is 2. The molecular weight excluding hydrogens is 563 g/mol. The summed E-state index contributed by atoms with van der Waals surface area (Å²) in [5.74, 6) is 0.311. The second-order valence-corrected chi connectivity index (χ2v) is 11.5. The molecule has 2 aliphatic heterocycles. The molecule has 220 valence electrons. The lowest BCUT2D eigenvalue weighted by atomic mass is 10.2. The molecule has 4 aromatic rings. The van der Waals surface area contributed by atoms with Gasteiger partial charge in [0, 0.05) is 48.5 Å². The summed E-state index contributed by atoms with van der Waals surface area (Å²) in [6.07, 6.45) is 1.94. The van der Waals surface area contributed by atoms with E-state index in [4.69, 9.17) is 14.5 Å². The molecule has 43 heavy (non-hydrogen) atoms. The second-order valence-electron chi connectivity index (χ2n) is 10.5.